The van der Waals surface area contributed by atoms with Crippen LogP contribution in [0.4, 0.5) is 0 Å². The molecule has 0 N–H and O–H groups in total. The molecular formula is C36H69N3O5Si5. The van der Waals surface area contributed by atoms with E-state index in [1.54, 1.807) is 0 Å². The number of oxime groups is 3. The van der Waals surface area contributed by atoms with E-state index in [1.807, 2.05) is 0 Å². The number of fused-ring (bicyclic) bond motifs is 5. The molecule has 3 saturated carbocycles. The molecule has 4 aliphatic carbocycles. The zero-order valence-electron chi connectivity index (χ0n) is 34.1. The van der Waals surface area contributed by atoms with Crippen LogP contribution in [0.5, 0.6) is 0 Å². The molecule has 0 spiro atoms. The Morgan fingerprint density at radius 2 is 1.35 bits per heavy atom. The maximum absolute atomic E-state index is 7.57. The van der Waals surface area contributed by atoms with Gasteiger partial charge in [0.1, 0.15) is 17.0 Å². The van der Waals surface area contributed by atoms with E-state index in [0.717, 1.165) is 43.5 Å². The van der Waals surface area contributed by atoms with Crippen molar-refractivity contribution in [2.24, 2.45) is 44.1 Å². The highest BCUT2D eigenvalue weighted by Gasteiger charge is 2.69. The van der Waals surface area contributed by atoms with E-state index in [9.17, 15) is 0 Å². The fourth-order valence-corrected chi connectivity index (χ4v) is 11.7. The van der Waals surface area contributed by atoms with E-state index < -0.39 is 47.2 Å². The van der Waals surface area contributed by atoms with E-state index >= 15 is 0 Å². The van der Waals surface area contributed by atoms with Crippen molar-refractivity contribution >= 4 is 58.7 Å². The molecule has 0 aliphatic heterocycles. The van der Waals surface area contributed by atoms with Crippen molar-refractivity contribution in [2.45, 2.75) is 150 Å². The van der Waals surface area contributed by atoms with Crippen LogP contribution < -0.4 is 0 Å². The lowest BCUT2D eigenvalue weighted by Crippen LogP contribution is -2.64. The summed E-state index contributed by atoms with van der Waals surface area (Å²) in [5.74, 6) is 1.09. The highest BCUT2D eigenvalue weighted by Crippen LogP contribution is 2.67. The van der Waals surface area contributed by atoms with Crippen molar-refractivity contribution in [3.05, 3.63) is 23.8 Å². The monoisotopic (exact) mass is 763 g/mol. The molecule has 0 aromatic rings. The predicted octanol–water partition coefficient (Wildman–Crippen LogP) is 10.4. The average Bonchev–Trinajstić information content (AvgIpc) is 3.19. The van der Waals surface area contributed by atoms with Crippen molar-refractivity contribution in [3.63, 3.8) is 0 Å². The second-order valence-electron chi connectivity index (χ2n) is 20.4. The third-order valence-electron chi connectivity index (χ3n) is 10.3. The van der Waals surface area contributed by atoms with Gasteiger partial charge in [0.05, 0.1) is 12.3 Å². The highest BCUT2D eigenvalue weighted by atomic mass is 28.4. The van der Waals surface area contributed by atoms with E-state index in [2.05, 4.69) is 135 Å². The smallest absolute Gasteiger partial charge is 0.278 e. The molecular weight excluding hydrogens is 695 g/mol. The first-order chi connectivity index (χ1) is 22.1. The fourth-order valence-electron chi connectivity index (χ4n) is 8.51. The zero-order chi connectivity index (χ0) is 37.1. The quantitative estimate of drug-likeness (QED) is 0.112. The Balaban J connectivity index is 1.88. The number of allylic oxidation sites excluding steroid dienone is 4. The number of hydrogen-bond acceptors (Lipinski definition) is 8. The third kappa shape index (κ3) is 9.47. The minimum Gasteiger partial charge on any atom is -0.456 e. The minimum atomic E-state index is -2.09. The zero-order valence-corrected chi connectivity index (χ0v) is 39.1. The fraction of sp³-hybridized carbons (Fsp3) is 0.806. The summed E-state index contributed by atoms with van der Waals surface area (Å²) in [5.41, 5.74) is 3.42. The molecule has 0 aromatic heterocycles. The van der Waals surface area contributed by atoms with Crippen molar-refractivity contribution in [1.82, 2.24) is 0 Å². The van der Waals surface area contributed by atoms with Crippen LogP contribution in [0, 0.1) is 28.6 Å². The first kappa shape index (κ1) is 40.7. The van der Waals surface area contributed by atoms with Gasteiger partial charge < -0.3 is 22.4 Å². The lowest BCUT2D eigenvalue weighted by atomic mass is 9.46. The summed E-state index contributed by atoms with van der Waals surface area (Å²) in [6.45, 7) is 38.8. The van der Waals surface area contributed by atoms with Gasteiger partial charge in [0.15, 0.2) is 16.6 Å². The molecule has 4 rings (SSSR count). The molecule has 0 heterocycles. The summed E-state index contributed by atoms with van der Waals surface area (Å²) < 4.78 is 33.1. The number of nitrogens with zero attached hydrogens (tertiary/aromatic N) is 3. The molecule has 5 unspecified atom stereocenters. The van der Waals surface area contributed by atoms with Crippen molar-refractivity contribution in [2.75, 3.05) is 6.61 Å². The Labute approximate surface area is 304 Å². The molecule has 0 amide bonds. The van der Waals surface area contributed by atoms with Crippen LogP contribution in [-0.4, -0.2) is 70.9 Å². The van der Waals surface area contributed by atoms with Gasteiger partial charge >= 0.3 is 0 Å². The van der Waals surface area contributed by atoms with Gasteiger partial charge in [-0.15, -0.1) is 15.5 Å². The van der Waals surface area contributed by atoms with Crippen molar-refractivity contribution in [3.8, 4) is 0 Å². The van der Waals surface area contributed by atoms with Gasteiger partial charge in [0, 0.05) is 16.7 Å². The van der Waals surface area contributed by atoms with E-state index in [0.29, 0.717) is 18.4 Å². The Bertz CT molecular complexity index is 1400. The molecule has 3 fully saturated rings. The van der Waals surface area contributed by atoms with Crippen LogP contribution in [0.1, 0.15) is 46.0 Å². The Hall–Kier alpha value is -1.11. The van der Waals surface area contributed by atoms with Crippen molar-refractivity contribution < 1.29 is 22.4 Å². The van der Waals surface area contributed by atoms with Gasteiger partial charge in [0.25, 0.3) is 25.0 Å². The van der Waals surface area contributed by atoms with Gasteiger partial charge in [-0.25, -0.2) is 0 Å². The molecule has 49 heavy (non-hydrogen) atoms. The van der Waals surface area contributed by atoms with Gasteiger partial charge in [0.2, 0.25) is 0 Å². The largest absolute Gasteiger partial charge is 0.456 e. The van der Waals surface area contributed by atoms with Crippen LogP contribution in [0.15, 0.2) is 39.3 Å². The standard InChI is InChI=1S/C36H69N3O5Si5/c1-34-22-20-28(37-42-47(9,10)11)24-27(34)18-19-29-30-21-23-36(41-46(6,7)8,32(26-40-45(3,4)5)39-44-49(15,16)17)35(30,2)25-31(33(29)34)38-43-48(12,13)14/h20,22,24,29-30,33H,18-19,21,23,25-26H2,1-17H3/b37-28+,38-31-,39-32+/t29?,30?,33?,34?,35?,36-/m0/s1. The third-order valence-corrected chi connectivity index (χ3v) is 14.2. The number of hydrogen-bond donors (Lipinski definition) is 0. The maximum atomic E-state index is 7.57. The van der Waals surface area contributed by atoms with Gasteiger partial charge in [-0.3, -0.25) is 0 Å². The summed E-state index contributed by atoms with van der Waals surface area (Å²) in [7, 11) is -9.68. The Kier molecular flexibility index (Phi) is 11.4. The topological polar surface area (TPSA) is 83.2 Å². The van der Waals surface area contributed by atoms with Crippen LogP contribution in [0.2, 0.25) is 98.2 Å². The molecule has 8 nitrogen and oxygen atoms in total. The Morgan fingerprint density at radius 1 is 0.755 bits per heavy atom. The first-order valence-corrected chi connectivity index (χ1v) is 35.6. The molecule has 0 radical (unpaired) electrons. The molecule has 13 heteroatoms. The van der Waals surface area contributed by atoms with Crippen LogP contribution in [0.25, 0.3) is 0 Å². The molecule has 0 aromatic carbocycles. The normalized spacial score (nSPS) is 34.3. The second-order valence-corrected chi connectivity index (χ2v) is 42.6. The summed E-state index contributed by atoms with van der Waals surface area (Å²) in [6.07, 6.45) is 11.8. The van der Waals surface area contributed by atoms with Crippen LogP contribution in [-0.2, 0) is 22.4 Å². The first-order valence-electron chi connectivity index (χ1n) is 18.6. The summed E-state index contributed by atoms with van der Waals surface area (Å²) in [5, 5.41) is 14.9. The average molecular weight is 764 g/mol. The molecule has 278 valence electrons. The molecule has 6 atom stereocenters. The molecule has 0 saturated heterocycles. The summed E-state index contributed by atoms with van der Waals surface area (Å²) in [6, 6.07) is 0. The van der Waals surface area contributed by atoms with E-state index in [4.69, 9.17) is 32.7 Å². The Morgan fingerprint density at radius 3 is 1.90 bits per heavy atom. The second kappa shape index (κ2) is 13.7. The molecule has 4 aliphatic rings. The lowest BCUT2D eigenvalue weighted by Gasteiger charge is -2.59. The lowest BCUT2D eigenvalue weighted by molar-refractivity contribution is -0.0405. The van der Waals surface area contributed by atoms with Crippen molar-refractivity contribution in [1.29, 1.82) is 0 Å². The van der Waals surface area contributed by atoms with Gasteiger partial charge in [-0.1, -0.05) is 25.5 Å². The van der Waals surface area contributed by atoms with Crippen LogP contribution >= 0.6 is 0 Å². The minimum absolute atomic E-state index is 0.173. The molecule has 0 bridgehead atoms. The SMILES string of the molecule is CC12C=C/C(=N\O[Si](C)(C)C)C=C1CCC1C2/C(=N\O[Si](C)(C)C)CC2(C)C1CC[C@]2(O[Si](C)(C)C)/C(CO[Si](C)(C)C)=N/O[Si](C)(C)C. The summed E-state index contributed by atoms with van der Waals surface area (Å²) >= 11 is 0. The predicted molar refractivity (Wildman–Crippen MR) is 219 cm³/mol. The number of rotatable bonds is 12. The summed E-state index contributed by atoms with van der Waals surface area (Å²) in [4.78, 5) is 0. The van der Waals surface area contributed by atoms with Gasteiger partial charge in [-0.05, 0) is 154 Å². The highest BCUT2D eigenvalue weighted by molar-refractivity contribution is 6.71. The van der Waals surface area contributed by atoms with E-state index in [1.165, 1.54) is 11.3 Å². The van der Waals surface area contributed by atoms with Crippen LogP contribution in [0.3, 0.4) is 0 Å². The maximum Gasteiger partial charge on any atom is 0.278 e. The van der Waals surface area contributed by atoms with Gasteiger partial charge in [-0.2, -0.15) is 0 Å². The van der Waals surface area contributed by atoms with E-state index in [-0.39, 0.29) is 16.7 Å².